The highest BCUT2D eigenvalue weighted by Gasteiger charge is 2.27. The van der Waals surface area contributed by atoms with Gasteiger partial charge in [0.1, 0.15) is 0 Å². The van der Waals surface area contributed by atoms with Crippen LogP contribution < -0.4 is 4.74 Å². The zero-order valence-corrected chi connectivity index (χ0v) is 12.9. The third kappa shape index (κ3) is 3.10. The summed E-state index contributed by atoms with van der Waals surface area (Å²) in [4.78, 5) is 18.7. The van der Waals surface area contributed by atoms with Gasteiger partial charge in [0.2, 0.25) is 0 Å². The SMILES string of the molecule is COc1ccc(/C=C2/SC(N3CCOCC3)=NC2=O)cc1O. The molecule has 7 heteroatoms. The Morgan fingerprint density at radius 2 is 2.18 bits per heavy atom. The molecule has 1 aromatic carbocycles. The summed E-state index contributed by atoms with van der Waals surface area (Å²) in [6.45, 7) is 2.80. The Kier molecular flexibility index (Phi) is 4.35. The van der Waals surface area contributed by atoms with E-state index in [-0.39, 0.29) is 11.7 Å². The highest BCUT2D eigenvalue weighted by Crippen LogP contribution is 2.32. The van der Waals surface area contributed by atoms with Gasteiger partial charge in [0.25, 0.3) is 5.91 Å². The average Bonchev–Trinajstić information content (AvgIpc) is 2.89. The number of morpholine rings is 1. The number of benzene rings is 1. The molecule has 1 aromatic rings. The number of amidine groups is 1. The molecular formula is C15H16N2O4S. The summed E-state index contributed by atoms with van der Waals surface area (Å²) in [6.07, 6.45) is 1.73. The molecule has 1 amide bonds. The number of methoxy groups -OCH3 is 1. The van der Waals surface area contributed by atoms with Crippen LogP contribution in [0.2, 0.25) is 0 Å². The second kappa shape index (κ2) is 6.41. The topological polar surface area (TPSA) is 71.4 Å². The molecule has 2 aliphatic rings. The molecule has 3 rings (SSSR count). The van der Waals surface area contributed by atoms with Gasteiger partial charge in [0.05, 0.1) is 25.2 Å². The third-order valence-corrected chi connectivity index (χ3v) is 4.44. The number of hydrogen-bond donors (Lipinski definition) is 1. The summed E-state index contributed by atoms with van der Waals surface area (Å²) in [7, 11) is 1.49. The van der Waals surface area contributed by atoms with Crippen LogP contribution >= 0.6 is 11.8 Å². The maximum atomic E-state index is 12.0. The van der Waals surface area contributed by atoms with E-state index in [0.29, 0.717) is 23.9 Å². The van der Waals surface area contributed by atoms with Crippen molar-refractivity contribution < 1.29 is 19.4 Å². The van der Waals surface area contributed by atoms with Gasteiger partial charge in [-0.25, -0.2) is 0 Å². The van der Waals surface area contributed by atoms with Crippen molar-refractivity contribution in [2.45, 2.75) is 0 Å². The predicted octanol–water partition coefficient (Wildman–Crippen LogP) is 1.70. The average molecular weight is 320 g/mol. The van der Waals surface area contributed by atoms with E-state index in [0.717, 1.165) is 23.8 Å². The number of rotatable bonds is 2. The molecule has 1 saturated heterocycles. The number of ether oxygens (including phenoxy) is 2. The summed E-state index contributed by atoms with van der Waals surface area (Å²) in [6, 6.07) is 5.01. The number of hydrogen-bond acceptors (Lipinski definition) is 6. The molecule has 116 valence electrons. The largest absolute Gasteiger partial charge is 0.504 e. The van der Waals surface area contributed by atoms with Gasteiger partial charge in [-0.15, -0.1) is 0 Å². The molecule has 2 heterocycles. The first-order chi connectivity index (χ1) is 10.7. The summed E-state index contributed by atoms with van der Waals surface area (Å²) < 4.78 is 10.3. The van der Waals surface area contributed by atoms with Crippen LogP contribution in [-0.2, 0) is 9.53 Å². The molecule has 0 atom stereocenters. The minimum atomic E-state index is -0.248. The van der Waals surface area contributed by atoms with E-state index in [1.54, 1.807) is 24.3 Å². The summed E-state index contributed by atoms with van der Waals surface area (Å²) >= 11 is 1.35. The predicted molar refractivity (Wildman–Crippen MR) is 85.1 cm³/mol. The van der Waals surface area contributed by atoms with Gasteiger partial charge >= 0.3 is 0 Å². The lowest BCUT2D eigenvalue weighted by molar-refractivity contribution is -0.113. The molecule has 0 radical (unpaired) electrons. The summed E-state index contributed by atoms with van der Waals surface area (Å²) in [5.41, 5.74) is 0.729. The molecule has 1 N–H and O–H groups in total. The van der Waals surface area contributed by atoms with Crippen LogP contribution in [0.5, 0.6) is 11.5 Å². The van der Waals surface area contributed by atoms with E-state index >= 15 is 0 Å². The van der Waals surface area contributed by atoms with Gasteiger partial charge in [0, 0.05) is 13.1 Å². The highest BCUT2D eigenvalue weighted by molar-refractivity contribution is 8.18. The molecule has 0 unspecified atom stereocenters. The van der Waals surface area contributed by atoms with Crippen molar-refractivity contribution in [2.75, 3.05) is 33.4 Å². The van der Waals surface area contributed by atoms with Crippen molar-refractivity contribution in [3.63, 3.8) is 0 Å². The maximum Gasteiger partial charge on any atom is 0.286 e. The zero-order chi connectivity index (χ0) is 15.5. The molecule has 0 bridgehead atoms. The van der Waals surface area contributed by atoms with E-state index in [1.807, 2.05) is 0 Å². The fourth-order valence-corrected chi connectivity index (χ4v) is 3.20. The standard InChI is InChI=1S/C15H16N2O4S/c1-20-12-3-2-10(8-11(12)18)9-13-14(19)16-15(22-13)17-4-6-21-7-5-17/h2-3,8-9,18H,4-7H2,1H3/b13-9+. The molecule has 0 aromatic heterocycles. The first kappa shape index (κ1) is 14.9. The van der Waals surface area contributed by atoms with Crippen LogP contribution in [0.1, 0.15) is 5.56 Å². The number of phenolic OH excluding ortho intramolecular Hbond substituents is 1. The Morgan fingerprint density at radius 1 is 1.41 bits per heavy atom. The third-order valence-electron chi connectivity index (χ3n) is 3.39. The van der Waals surface area contributed by atoms with Gasteiger partial charge < -0.3 is 19.5 Å². The van der Waals surface area contributed by atoms with Gasteiger partial charge in [-0.05, 0) is 35.5 Å². The minimum absolute atomic E-state index is 0.0432. The number of phenols is 1. The van der Waals surface area contributed by atoms with Crippen molar-refractivity contribution >= 4 is 28.9 Å². The van der Waals surface area contributed by atoms with E-state index in [2.05, 4.69) is 9.89 Å². The second-order valence-corrected chi connectivity index (χ2v) is 5.85. The monoisotopic (exact) mass is 320 g/mol. The number of amides is 1. The highest BCUT2D eigenvalue weighted by atomic mass is 32.2. The number of nitrogens with zero attached hydrogens (tertiary/aromatic N) is 2. The lowest BCUT2D eigenvalue weighted by atomic mass is 10.2. The first-order valence-corrected chi connectivity index (χ1v) is 7.71. The Bertz CT molecular complexity index is 651. The van der Waals surface area contributed by atoms with Crippen LogP contribution in [0.4, 0.5) is 0 Å². The minimum Gasteiger partial charge on any atom is -0.504 e. The Morgan fingerprint density at radius 3 is 2.86 bits per heavy atom. The van der Waals surface area contributed by atoms with Gasteiger partial charge in [-0.2, -0.15) is 4.99 Å². The Hall–Kier alpha value is -1.99. The smallest absolute Gasteiger partial charge is 0.286 e. The number of thioether (sulfide) groups is 1. The first-order valence-electron chi connectivity index (χ1n) is 6.89. The van der Waals surface area contributed by atoms with Crippen LogP contribution in [0, 0.1) is 0 Å². The molecule has 22 heavy (non-hydrogen) atoms. The van der Waals surface area contributed by atoms with Gasteiger partial charge in [0.15, 0.2) is 16.7 Å². The van der Waals surface area contributed by atoms with E-state index in [9.17, 15) is 9.90 Å². The summed E-state index contributed by atoms with van der Waals surface area (Å²) in [5.74, 6) is 0.196. The number of carbonyl (C=O) groups excluding carboxylic acids is 1. The van der Waals surface area contributed by atoms with E-state index < -0.39 is 0 Å². The van der Waals surface area contributed by atoms with Gasteiger partial charge in [-0.1, -0.05) is 6.07 Å². The van der Waals surface area contributed by atoms with Crippen molar-refractivity contribution in [3.05, 3.63) is 28.7 Å². The lowest BCUT2D eigenvalue weighted by Crippen LogP contribution is -2.38. The number of aliphatic imine (C=N–C) groups is 1. The van der Waals surface area contributed by atoms with Crippen LogP contribution in [0.25, 0.3) is 6.08 Å². The molecular weight excluding hydrogens is 304 g/mol. The molecule has 6 nitrogen and oxygen atoms in total. The van der Waals surface area contributed by atoms with E-state index in [1.165, 1.54) is 18.9 Å². The molecule has 0 spiro atoms. The van der Waals surface area contributed by atoms with Crippen molar-refractivity contribution in [3.8, 4) is 11.5 Å². The molecule has 0 saturated carbocycles. The Labute approximate surface area is 132 Å². The number of carbonyl (C=O) groups is 1. The molecule has 0 aliphatic carbocycles. The molecule has 2 aliphatic heterocycles. The van der Waals surface area contributed by atoms with Crippen molar-refractivity contribution in [1.82, 2.24) is 4.90 Å². The summed E-state index contributed by atoms with van der Waals surface area (Å²) in [5, 5.41) is 10.5. The van der Waals surface area contributed by atoms with Crippen LogP contribution in [0.15, 0.2) is 28.1 Å². The van der Waals surface area contributed by atoms with E-state index in [4.69, 9.17) is 9.47 Å². The quantitative estimate of drug-likeness (QED) is 0.837. The Balaban J connectivity index is 1.76. The normalized spacial score (nSPS) is 20.4. The van der Waals surface area contributed by atoms with Gasteiger partial charge in [-0.3, -0.25) is 4.79 Å². The number of aromatic hydroxyl groups is 1. The fourth-order valence-electron chi connectivity index (χ4n) is 2.24. The fraction of sp³-hybridized carbons (Fsp3) is 0.333. The zero-order valence-electron chi connectivity index (χ0n) is 12.1. The van der Waals surface area contributed by atoms with Crippen LogP contribution in [0.3, 0.4) is 0 Å². The van der Waals surface area contributed by atoms with Crippen LogP contribution in [-0.4, -0.2) is 54.5 Å². The molecule has 1 fully saturated rings. The van der Waals surface area contributed by atoms with Crippen molar-refractivity contribution in [2.24, 2.45) is 4.99 Å². The maximum absolute atomic E-state index is 12.0. The lowest BCUT2D eigenvalue weighted by Gasteiger charge is -2.27. The van der Waals surface area contributed by atoms with Crippen molar-refractivity contribution in [1.29, 1.82) is 0 Å². The second-order valence-electron chi connectivity index (χ2n) is 4.84.